The normalized spacial score (nSPS) is 11.8. The molecule has 1 aromatic rings. The van der Waals surface area contributed by atoms with Gasteiger partial charge in [-0.25, -0.2) is 0 Å². The summed E-state index contributed by atoms with van der Waals surface area (Å²) in [6.45, 7) is 7.11. The Kier molecular flexibility index (Phi) is 6.19. The summed E-state index contributed by atoms with van der Waals surface area (Å²) in [7, 11) is 1.80. The van der Waals surface area contributed by atoms with Crippen molar-refractivity contribution in [3.05, 3.63) is 24.3 Å². The van der Waals surface area contributed by atoms with Gasteiger partial charge >= 0.3 is 0 Å². The van der Waals surface area contributed by atoms with Crippen molar-refractivity contribution in [1.82, 2.24) is 4.90 Å². The molecule has 0 aromatic heterocycles. The zero-order valence-corrected chi connectivity index (χ0v) is 12.3. The van der Waals surface area contributed by atoms with E-state index in [1.54, 1.807) is 11.9 Å². The maximum atomic E-state index is 11.7. The lowest BCUT2D eigenvalue weighted by Crippen LogP contribution is -2.31. The fourth-order valence-corrected chi connectivity index (χ4v) is 1.48. The third-order valence-electron chi connectivity index (χ3n) is 3.09. The number of likely N-dealkylation sites (N-methyl/N-ethyl adjacent to an activating group) is 1. The average molecular weight is 264 g/mol. The summed E-state index contributed by atoms with van der Waals surface area (Å²) >= 11 is 0. The van der Waals surface area contributed by atoms with Crippen LogP contribution in [-0.4, -0.2) is 37.0 Å². The molecule has 0 aliphatic carbocycles. The van der Waals surface area contributed by atoms with Gasteiger partial charge < -0.3 is 15.0 Å². The number of hydrogen-bond acceptors (Lipinski definition) is 3. The lowest BCUT2D eigenvalue weighted by Gasteiger charge is -2.16. The summed E-state index contributed by atoms with van der Waals surface area (Å²) in [6, 6.07) is 7.71. The number of benzene rings is 1. The molecule has 4 heteroatoms. The minimum atomic E-state index is 0.0794. The quantitative estimate of drug-likeness (QED) is 0.823. The van der Waals surface area contributed by atoms with Gasteiger partial charge in [-0.2, -0.15) is 0 Å². The lowest BCUT2D eigenvalue weighted by molar-refractivity contribution is -0.127. The van der Waals surface area contributed by atoms with Crippen LogP contribution in [-0.2, 0) is 4.79 Å². The predicted molar refractivity (Wildman–Crippen MR) is 78.6 cm³/mol. The number of carbonyl (C=O) groups excluding carboxylic acids is 1. The number of hydrogen-bond donors (Lipinski definition) is 1. The molecule has 0 radical (unpaired) electrons. The van der Waals surface area contributed by atoms with Crippen LogP contribution in [0.25, 0.3) is 0 Å². The van der Waals surface area contributed by atoms with Gasteiger partial charge in [-0.15, -0.1) is 0 Å². The van der Waals surface area contributed by atoms with Crippen LogP contribution in [0.1, 0.15) is 27.2 Å². The van der Waals surface area contributed by atoms with E-state index in [2.05, 4.69) is 12.2 Å². The summed E-state index contributed by atoms with van der Waals surface area (Å²) in [6.07, 6.45) is 1.17. The van der Waals surface area contributed by atoms with E-state index in [0.717, 1.165) is 24.4 Å². The molecule has 0 saturated carbocycles. The van der Waals surface area contributed by atoms with Gasteiger partial charge in [0.15, 0.2) is 0 Å². The minimum absolute atomic E-state index is 0.0794. The van der Waals surface area contributed by atoms with Crippen LogP contribution in [0.15, 0.2) is 24.3 Å². The maximum absolute atomic E-state index is 11.7. The first-order chi connectivity index (χ1) is 9.06. The van der Waals surface area contributed by atoms with Gasteiger partial charge in [0.25, 0.3) is 0 Å². The summed E-state index contributed by atoms with van der Waals surface area (Å²) < 4.78 is 5.74. The topological polar surface area (TPSA) is 41.6 Å². The number of amides is 1. The van der Waals surface area contributed by atoms with Crippen molar-refractivity contribution in [1.29, 1.82) is 0 Å². The zero-order valence-electron chi connectivity index (χ0n) is 12.3. The van der Waals surface area contributed by atoms with E-state index in [-0.39, 0.29) is 12.0 Å². The Balaban J connectivity index is 2.55. The fraction of sp³-hybridized carbons (Fsp3) is 0.533. The molecule has 0 aliphatic rings. The van der Waals surface area contributed by atoms with E-state index < -0.39 is 0 Å². The Hall–Kier alpha value is -1.71. The Bertz CT molecular complexity index is 407. The molecule has 1 N–H and O–H groups in total. The van der Waals surface area contributed by atoms with Crippen LogP contribution in [0.5, 0.6) is 5.75 Å². The van der Waals surface area contributed by atoms with E-state index in [1.807, 2.05) is 38.1 Å². The van der Waals surface area contributed by atoms with E-state index in [1.165, 1.54) is 0 Å². The summed E-state index contributed by atoms with van der Waals surface area (Å²) in [5.41, 5.74) is 0.902. The number of anilines is 1. The first kappa shape index (κ1) is 15.3. The fourth-order valence-electron chi connectivity index (χ4n) is 1.48. The van der Waals surface area contributed by atoms with Gasteiger partial charge in [-0.05, 0) is 32.4 Å². The minimum Gasteiger partial charge on any atom is -0.491 e. The predicted octanol–water partition coefficient (Wildman–Crippen LogP) is 2.75. The smallest absolute Gasteiger partial charge is 0.241 e. The van der Waals surface area contributed by atoms with Gasteiger partial charge in [-0.3, -0.25) is 4.79 Å². The molecule has 0 heterocycles. The highest BCUT2D eigenvalue weighted by molar-refractivity contribution is 5.80. The van der Waals surface area contributed by atoms with Crippen molar-refractivity contribution in [3.63, 3.8) is 0 Å². The van der Waals surface area contributed by atoms with Gasteiger partial charge in [0, 0.05) is 25.3 Å². The molecule has 0 aliphatic heterocycles. The van der Waals surface area contributed by atoms with Crippen molar-refractivity contribution in [2.24, 2.45) is 0 Å². The Morgan fingerprint density at radius 3 is 2.79 bits per heavy atom. The molecule has 1 atom stereocenters. The second kappa shape index (κ2) is 7.67. The van der Waals surface area contributed by atoms with E-state index in [0.29, 0.717) is 6.54 Å². The third-order valence-corrected chi connectivity index (χ3v) is 3.09. The number of ether oxygens (including phenoxy) is 1. The average Bonchev–Trinajstić information content (AvgIpc) is 2.44. The Morgan fingerprint density at radius 2 is 2.16 bits per heavy atom. The van der Waals surface area contributed by atoms with E-state index in [4.69, 9.17) is 4.74 Å². The van der Waals surface area contributed by atoms with Gasteiger partial charge in [-0.1, -0.05) is 13.0 Å². The Labute approximate surface area is 115 Å². The zero-order chi connectivity index (χ0) is 14.3. The van der Waals surface area contributed by atoms with Gasteiger partial charge in [0.1, 0.15) is 5.75 Å². The van der Waals surface area contributed by atoms with Crippen molar-refractivity contribution in [2.75, 3.05) is 25.5 Å². The van der Waals surface area contributed by atoms with E-state index in [9.17, 15) is 4.79 Å². The highest BCUT2D eigenvalue weighted by atomic mass is 16.5. The summed E-state index contributed by atoms with van der Waals surface area (Å²) in [4.78, 5) is 13.4. The summed E-state index contributed by atoms with van der Waals surface area (Å²) in [5, 5.41) is 3.12. The number of nitrogens with zero attached hydrogens (tertiary/aromatic N) is 1. The molecule has 1 amide bonds. The van der Waals surface area contributed by atoms with Crippen molar-refractivity contribution >= 4 is 11.6 Å². The molecule has 4 nitrogen and oxygen atoms in total. The van der Waals surface area contributed by atoms with Crippen LogP contribution in [0, 0.1) is 0 Å². The van der Waals surface area contributed by atoms with Gasteiger partial charge in [0.2, 0.25) is 5.91 Å². The van der Waals surface area contributed by atoms with Crippen molar-refractivity contribution in [2.45, 2.75) is 33.3 Å². The van der Waals surface area contributed by atoms with Gasteiger partial charge in [0.05, 0.1) is 12.6 Å². The maximum Gasteiger partial charge on any atom is 0.241 e. The number of carbonyl (C=O) groups is 1. The largest absolute Gasteiger partial charge is 0.491 e. The molecule has 1 rings (SSSR count). The SMILES string of the molecule is CCC(C)Oc1cccc(NCC(=O)N(C)CC)c1. The summed E-state index contributed by atoms with van der Waals surface area (Å²) in [5.74, 6) is 0.909. The highest BCUT2D eigenvalue weighted by Crippen LogP contribution is 2.19. The van der Waals surface area contributed by atoms with Crippen LogP contribution >= 0.6 is 0 Å². The van der Waals surface area contributed by atoms with Crippen LogP contribution in [0.3, 0.4) is 0 Å². The second-order valence-corrected chi connectivity index (χ2v) is 4.63. The molecule has 0 saturated heterocycles. The standard InChI is InChI=1S/C15H24N2O2/c1-5-12(3)19-14-9-7-8-13(10-14)16-11-15(18)17(4)6-2/h7-10,12,16H,5-6,11H2,1-4H3. The molecule has 19 heavy (non-hydrogen) atoms. The first-order valence-electron chi connectivity index (χ1n) is 6.81. The van der Waals surface area contributed by atoms with Crippen LogP contribution in [0.4, 0.5) is 5.69 Å². The van der Waals surface area contributed by atoms with Crippen molar-refractivity contribution < 1.29 is 9.53 Å². The van der Waals surface area contributed by atoms with E-state index >= 15 is 0 Å². The lowest BCUT2D eigenvalue weighted by atomic mass is 10.2. The first-order valence-corrected chi connectivity index (χ1v) is 6.81. The molecule has 1 aromatic carbocycles. The van der Waals surface area contributed by atoms with Crippen LogP contribution in [0.2, 0.25) is 0 Å². The third kappa shape index (κ3) is 5.20. The molecule has 1 unspecified atom stereocenters. The molecule has 0 fully saturated rings. The van der Waals surface area contributed by atoms with Crippen LogP contribution < -0.4 is 10.1 Å². The number of nitrogens with one attached hydrogen (secondary N) is 1. The Morgan fingerprint density at radius 1 is 1.42 bits per heavy atom. The molecular weight excluding hydrogens is 240 g/mol. The monoisotopic (exact) mass is 264 g/mol. The van der Waals surface area contributed by atoms with Crippen molar-refractivity contribution in [3.8, 4) is 5.75 Å². The molecule has 0 spiro atoms. The molecule has 106 valence electrons. The second-order valence-electron chi connectivity index (χ2n) is 4.63. The highest BCUT2D eigenvalue weighted by Gasteiger charge is 2.06. The molecule has 0 bridgehead atoms. The molecular formula is C15H24N2O2. The number of rotatable bonds is 7.